The first-order chi connectivity index (χ1) is 13.0. The van der Waals surface area contributed by atoms with E-state index in [0.29, 0.717) is 0 Å². The zero-order chi connectivity index (χ0) is 19.0. The van der Waals surface area contributed by atoms with Crippen LogP contribution in [-0.4, -0.2) is 16.3 Å². The smallest absolute Gasteiger partial charge is 0.127 e. The Morgan fingerprint density at radius 2 is 1.89 bits per heavy atom. The van der Waals surface area contributed by atoms with E-state index in [9.17, 15) is 9.18 Å². The number of anilines is 2. The van der Waals surface area contributed by atoms with Crippen LogP contribution in [0.3, 0.4) is 0 Å². The monoisotopic (exact) mass is 363 g/mol. The third-order valence-electron chi connectivity index (χ3n) is 5.17. The van der Waals surface area contributed by atoms with Gasteiger partial charge in [0.25, 0.3) is 0 Å². The number of aromatic amines is 1. The molecular weight excluding hydrogens is 341 g/mol. The van der Waals surface area contributed by atoms with Gasteiger partial charge in [-0.25, -0.2) is 4.39 Å². The summed E-state index contributed by atoms with van der Waals surface area (Å²) in [6, 6.07) is 10.1. The largest absolute Gasteiger partial charge is 0.356 e. The normalized spacial score (nSPS) is 18.0. The summed E-state index contributed by atoms with van der Waals surface area (Å²) in [7, 11) is 0. The molecule has 2 aromatic heterocycles. The highest BCUT2D eigenvalue weighted by molar-refractivity contribution is 5.86. The minimum absolute atomic E-state index is 0.0477. The molecule has 2 heterocycles. The number of hydrogen-bond donors (Lipinski definition) is 2. The Labute approximate surface area is 157 Å². The summed E-state index contributed by atoms with van der Waals surface area (Å²) < 4.78 is 13.3. The summed E-state index contributed by atoms with van der Waals surface area (Å²) in [6.45, 7) is 4.37. The van der Waals surface area contributed by atoms with Crippen molar-refractivity contribution in [2.24, 2.45) is 5.41 Å². The molecule has 1 aromatic carbocycles. The molecule has 0 amide bonds. The number of hydrogen-bond acceptors (Lipinski definition) is 3. The SMILES string of the molecule is CC1(C)Cc2[nH]c(-c3ccncc3)c(Nc3ccc(F)cc3)c2C(C=O)C1. The highest BCUT2D eigenvalue weighted by Gasteiger charge is 2.36. The molecule has 1 aliphatic rings. The second-order valence-corrected chi connectivity index (χ2v) is 7.92. The molecule has 1 atom stereocenters. The predicted molar refractivity (Wildman–Crippen MR) is 105 cm³/mol. The van der Waals surface area contributed by atoms with Crippen molar-refractivity contribution in [3.05, 3.63) is 65.9 Å². The quantitative estimate of drug-likeness (QED) is 0.625. The van der Waals surface area contributed by atoms with Gasteiger partial charge in [-0.15, -0.1) is 0 Å². The molecule has 2 N–H and O–H groups in total. The van der Waals surface area contributed by atoms with Gasteiger partial charge in [0.05, 0.1) is 11.4 Å². The molecule has 0 saturated heterocycles. The van der Waals surface area contributed by atoms with Crippen molar-refractivity contribution in [3.8, 4) is 11.3 Å². The maximum Gasteiger partial charge on any atom is 0.127 e. The van der Waals surface area contributed by atoms with E-state index >= 15 is 0 Å². The number of H-pyrrole nitrogens is 1. The first-order valence-electron chi connectivity index (χ1n) is 9.10. The van der Waals surface area contributed by atoms with Crippen LogP contribution in [-0.2, 0) is 11.2 Å². The highest BCUT2D eigenvalue weighted by Crippen LogP contribution is 2.48. The van der Waals surface area contributed by atoms with Crippen LogP contribution < -0.4 is 5.32 Å². The summed E-state index contributed by atoms with van der Waals surface area (Å²) in [5.74, 6) is -0.461. The first-order valence-corrected chi connectivity index (χ1v) is 9.10. The first kappa shape index (κ1) is 17.5. The number of nitrogens with one attached hydrogen (secondary N) is 2. The van der Waals surface area contributed by atoms with Gasteiger partial charge in [-0.05, 0) is 54.7 Å². The Kier molecular flexibility index (Phi) is 4.30. The Balaban J connectivity index is 1.87. The lowest BCUT2D eigenvalue weighted by Gasteiger charge is -2.33. The maximum absolute atomic E-state index is 13.3. The van der Waals surface area contributed by atoms with Gasteiger partial charge in [-0.1, -0.05) is 13.8 Å². The maximum atomic E-state index is 13.3. The number of nitrogens with zero attached hydrogens (tertiary/aromatic N) is 1. The summed E-state index contributed by atoms with van der Waals surface area (Å²) >= 11 is 0. The third-order valence-corrected chi connectivity index (χ3v) is 5.17. The van der Waals surface area contributed by atoms with Crippen LogP contribution in [0.2, 0.25) is 0 Å². The number of carbonyl (C=O) groups is 1. The standard InChI is InChI=1S/C22H22FN3O/c1-22(2)11-15(13-27)19-18(12-22)26-20(14-7-9-24-10-8-14)21(19)25-17-5-3-16(23)4-6-17/h3-10,13,15,25-26H,11-12H2,1-2H3. The number of benzene rings is 1. The lowest BCUT2D eigenvalue weighted by molar-refractivity contribution is -0.109. The molecule has 4 nitrogen and oxygen atoms in total. The number of rotatable bonds is 4. The lowest BCUT2D eigenvalue weighted by atomic mass is 9.71. The summed E-state index contributed by atoms with van der Waals surface area (Å²) in [5.41, 5.74) is 5.73. The Morgan fingerprint density at radius 1 is 1.19 bits per heavy atom. The molecular formula is C22H22FN3O. The number of aldehydes is 1. The molecule has 4 rings (SSSR count). The Morgan fingerprint density at radius 3 is 2.56 bits per heavy atom. The zero-order valence-corrected chi connectivity index (χ0v) is 15.4. The average Bonchev–Trinajstić information content (AvgIpc) is 3.00. The van der Waals surface area contributed by atoms with Crippen molar-refractivity contribution in [2.45, 2.75) is 32.6 Å². The fourth-order valence-corrected chi connectivity index (χ4v) is 4.02. The van der Waals surface area contributed by atoms with Crippen molar-refractivity contribution in [2.75, 3.05) is 5.32 Å². The van der Waals surface area contributed by atoms with Crippen LogP contribution >= 0.6 is 0 Å². The van der Waals surface area contributed by atoms with Crippen molar-refractivity contribution < 1.29 is 9.18 Å². The van der Waals surface area contributed by atoms with Gasteiger partial charge in [0.2, 0.25) is 0 Å². The van der Waals surface area contributed by atoms with E-state index in [1.807, 2.05) is 12.1 Å². The molecule has 0 fully saturated rings. The highest BCUT2D eigenvalue weighted by atomic mass is 19.1. The minimum Gasteiger partial charge on any atom is -0.356 e. The van der Waals surface area contributed by atoms with Crippen LogP contribution in [0.5, 0.6) is 0 Å². The van der Waals surface area contributed by atoms with Crippen LogP contribution in [0, 0.1) is 11.2 Å². The van der Waals surface area contributed by atoms with Crippen LogP contribution in [0.15, 0.2) is 48.8 Å². The van der Waals surface area contributed by atoms with E-state index in [1.54, 1.807) is 24.5 Å². The molecule has 1 aliphatic carbocycles. The van der Waals surface area contributed by atoms with Gasteiger partial charge in [-0.3, -0.25) is 4.98 Å². The fraction of sp³-hybridized carbons (Fsp3) is 0.273. The molecule has 0 radical (unpaired) electrons. The molecule has 3 aromatic rings. The van der Waals surface area contributed by atoms with Crippen LogP contribution in [0.1, 0.15) is 37.4 Å². The van der Waals surface area contributed by atoms with Crippen LogP contribution in [0.25, 0.3) is 11.3 Å². The predicted octanol–water partition coefficient (Wildman–Crippen LogP) is 5.21. The second-order valence-electron chi connectivity index (χ2n) is 7.92. The molecule has 0 aliphatic heterocycles. The van der Waals surface area contributed by atoms with Crippen molar-refractivity contribution in [3.63, 3.8) is 0 Å². The van der Waals surface area contributed by atoms with E-state index in [4.69, 9.17) is 0 Å². The fourth-order valence-electron chi connectivity index (χ4n) is 4.02. The zero-order valence-electron chi connectivity index (χ0n) is 15.4. The van der Waals surface area contributed by atoms with Crippen molar-refractivity contribution in [1.82, 2.24) is 9.97 Å². The molecule has 0 spiro atoms. The summed E-state index contributed by atoms with van der Waals surface area (Å²) in [6.07, 6.45) is 6.21. The number of fused-ring (bicyclic) bond motifs is 1. The summed E-state index contributed by atoms with van der Waals surface area (Å²) in [4.78, 5) is 19.5. The number of carbonyl (C=O) groups excluding carboxylic acids is 1. The minimum atomic E-state index is -0.279. The van der Waals surface area contributed by atoms with Crippen molar-refractivity contribution in [1.29, 1.82) is 0 Å². The molecule has 5 heteroatoms. The van der Waals surface area contributed by atoms with Gasteiger partial charge in [-0.2, -0.15) is 0 Å². The van der Waals surface area contributed by atoms with Crippen LogP contribution in [0.4, 0.5) is 15.8 Å². The summed E-state index contributed by atoms with van der Waals surface area (Å²) in [5, 5.41) is 3.42. The topological polar surface area (TPSA) is 57.8 Å². The number of aromatic nitrogens is 2. The van der Waals surface area contributed by atoms with E-state index < -0.39 is 0 Å². The molecule has 27 heavy (non-hydrogen) atoms. The van der Waals surface area contributed by atoms with Gasteiger partial charge >= 0.3 is 0 Å². The number of pyridine rings is 1. The average molecular weight is 363 g/mol. The van der Waals surface area contributed by atoms with E-state index in [1.165, 1.54) is 12.1 Å². The van der Waals surface area contributed by atoms with Crippen molar-refractivity contribution >= 4 is 17.7 Å². The van der Waals surface area contributed by atoms with Gasteiger partial charge in [0.1, 0.15) is 12.1 Å². The number of halogens is 1. The molecule has 138 valence electrons. The van der Waals surface area contributed by atoms with Gasteiger partial charge < -0.3 is 15.1 Å². The molecule has 0 bridgehead atoms. The Bertz CT molecular complexity index is 961. The third kappa shape index (κ3) is 3.37. The lowest BCUT2D eigenvalue weighted by Crippen LogP contribution is -2.26. The second kappa shape index (κ2) is 6.65. The Hall–Kier alpha value is -2.95. The molecule has 1 unspecified atom stereocenters. The van der Waals surface area contributed by atoms with E-state index in [2.05, 4.69) is 29.1 Å². The van der Waals surface area contributed by atoms with Gasteiger partial charge in [0.15, 0.2) is 0 Å². The molecule has 0 saturated carbocycles. The van der Waals surface area contributed by atoms with E-state index in [-0.39, 0.29) is 17.2 Å². The van der Waals surface area contributed by atoms with E-state index in [0.717, 1.165) is 53.0 Å². The van der Waals surface area contributed by atoms with Gasteiger partial charge in [0, 0.05) is 40.8 Å².